The molecule has 0 heterocycles. The zero-order valence-corrected chi connectivity index (χ0v) is 11.6. The summed E-state index contributed by atoms with van der Waals surface area (Å²) in [6.45, 7) is 1.91. The minimum Gasteiger partial charge on any atom is -0.487 e. The minimum absolute atomic E-state index is 0.0593. The van der Waals surface area contributed by atoms with Crippen molar-refractivity contribution in [2.24, 2.45) is 0 Å². The molecule has 5 nitrogen and oxygen atoms in total. The van der Waals surface area contributed by atoms with Gasteiger partial charge in [0.25, 0.3) is 0 Å². The summed E-state index contributed by atoms with van der Waals surface area (Å²) in [5.41, 5.74) is -0.0593. The maximum absolute atomic E-state index is 10.8. The molecule has 1 aromatic rings. The van der Waals surface area contributed by atoms with Gasteiger partial charge in [0, 0.05) is 17.0 Å². The SMILES string of the molecule is CC(=O)CCCCOc1ccc(Br)cc1[N+](=O)[O-]. The first-order valence-corrected chi connectivity index (χ1v) is 6.36. The Labute approximate surface area is 113 Å². The molecule has 0 aliphatic heterocycles. The Balaban J connectivity index is 2.51. The molecular weight excluding hydrogens is 302 g/mol. The van der Waals surface area contributed by atoms with Crippen molar-refractivity contribution in [2.75, 3.05) is 6.61 Å². The molecule has 6 heteroatoms. The minimum atomic E-state index is -0.477. The lowest BCUT2D eigenvalue weighted by atomic mass is 10.2. The quantitative estimate of drug-likeness (QED) is 0.438. The lowest BCUT2D eigenvalue weighted by molar-refractivity contribution is -0.385. The summed E-state index contributed by atoms with van der Waals surface area (Å²) in [6, 6.07) is 4.66. The van der Waals surface area contributed by atoms with Crippen LogP contribution in [0.15, 0.2) is 22.7 Å². The third-order valence-corrected chi connectivity index (χ3v) is 2.79. The Hall–Kier alpha value is -1.43. The molecule has 0 N–H and O–H groups in total. The summed E-state index contributed by atoms with van der Waals surface area (Å²) in [5, 5.41) is 10.8. The molecule has 1 rings (SSSR count). The molecule has 0 amide bonds. The van der Waals surface area contributed by atoms with E-state index in [4.69, 9.17) is 4.74 Å². The predicted molar refractivity (Wildman–Crippen MR) is 70.8 cm³/mol. The van der Waals surface area contributed by atoms with E-state index in [0.717, 1.165) is 6.42 Å². The van der Waals surface area contributed by atoms with Crippen LogP contribution in [-0.4, -0.2) is 17.3 Å². The van der Waals surface area contributed by atoms with Gasteiger partial charge in [0.2, 0.25) is 0 Å². The number of nitro benzene ring substituents is 1. The lowest BCUT2D eigenvalue weighted by Gasteiger charge is -2.06. The van der Waals surface area contributed by atoms with Gasteiger partial charge in [-0.2, -0.15) is 0 Å². The van der Waals surface area contributed by atoms with E-state index in [1.807, 2.05) is 0 Å². The van der Waals surface area contributed by atoms with Crippen molar-refractivity contribution in [1.82, 2.24) is 0 Å². The fraction of sp³-hybridized carbons (Fsp3) is 0.417. The van der Waals surface area contributed by atoms with Crippen LogP contribution in [-0.2, 0) is 4.79 Å². The molecule has 0 saturated heterocycles. The number of unbranched alkanes of at least 4 members (excludes halogenated alkanes) is 1. The summed E-state index contributed by atoms with van der Waals surface area (Å²) in [5.74, 6) is 0.399. The number of hydrogen-bond donors (Lipinski definition) is 0. The molecule has 1 aromatic carbocycles. The van der Waals surface area contributed by atoms with Crippen LogP contribution in [0, 0.1) is 10.1 Å². The number of nitrogens with zero attached hydrogens (tertiary/aromatic N) is 1. The Morgan fingerprint density at radius 2 is 2.17 bits per heavy atom. The first-order chi connectivity index (χ1) is 8.50. The van der Waals surface area contributed by atoms with Crippen molar-refractivity contribution in [2.45, 2.75) is 26.2 Å². The highest BCUT2D eigenvalue weighted by molar-refractivity contribution is 9.10. The normalized spacial score (nSPS) is 10.1. The van der Waals surface area contributed by atoms with Gasteiger partial charge in [0.1, 0.15) is 5.78 Å². The molecule has 0 atom stereocenters. The number of nitro groups is 1. The zero-order chi connectivity index (χ0) is 13.5. The van der Waals surface area contributed by atoms with Crippen molar-refractivity contribution in [3.05, 3.63) is 32.8 Å². The van der Waals surface area contributed by atoms with E-state index in [0.29, 0.717) is 23.9 Å². The van der Waals surface area contributed by atoms with Gasteiger partial charge in [-0.25, -0.2) is 0 Å². The first kappa shape index (κ1) is 14.6. The van der Waals surface area contributed by atoms with Crippen LogP contribution in [0.1, 0.15) is 26.2 Å². The second-order valence-electron chi connectivity index (χ2n) is 3.88. The third-order valence-electron chi connectivity index (χ3n) is 2.30. The van der Waals surface area contributed by atoms with Gasteiger partial charge in [0.05, 0.1) is 11.5 Å². The van der Waals surface area contributed by atoms with Gasteiger partial charge in [-0.1, -0.05) is 15.9 Å². The number of ketones is 1. The van der Waals surface area contributed by atoms with Crippen LogP contribution in [0.3, 0.4) is 0 Å². The van der Waals surface area contributed by atoms with Crippen LogP contribution in [0.5, 0.6) is 5.75 Å². The van der Waals surface area contributed by atoms with E-state index in [1.165, 1.54) is 6.07 Å². The van der Waals surface area contributed by atoms with Gasteiger partial charge in [-0.15, -0.1) is 0 Å². The van der Waals surface area contributed by atoms with Crippen LogP contribution < -0.4 is 4.74 Å². The number of benzene rings is 1. The fourth-order valence-corrected chi connectivity index (χ4v) is 1.76. The summed E-state index contributed by atoms with van der Waals surface area (Å²) in [7, 11) is 0. The summed E-state index contributed by atoms with van der Waals surface area (Å²) in [4.78, 5) is 21.1. The topological polar surface area (TPSA) is 69.4 Å². The van der Waals surface area contributed by atoms with Crippen molar-refractivity contribution in [3.63, 3.8) is 0 Å². The van der Waals surface area contributed by atoms with E-state index in [1.54, 1.807) is 19.1 Å². The second kappa shape index (κ2) is 7.10. The van der Waals surface area contributed by atoms with Crippen molar-refractivity contribution >= 4 is 27.4 Å². The fourth-order valence-electron chi connectivity index (χ4n) is 1.41. The Morgan fingerprint density at radius 3 is 2.78 bits per heavy atom. The van der Waals surface area contributed by atoms with E-state index < -0.39 is 4.92 Å². The van der Waals surface area contributed by atoms with Crippen LogP contribution in [0.4, 0.5) is 5.69 Å². The number of halogens is 1. The number of carbonyl (C=O) groups is 1. The van der Waals surface area contributed by atoms with Crippen LogP contribution in [0.25, 0.3) is 0 Å². The molecule has 0 aromatic heterocycles. The molecule has 98 valence electrons. The first-order valence-electron chi connectivity index (χ1n) is 5.57. The average Bonchev–Trinajstić information content (AvgIpc) is 2.29. The van der Waals surface area contributed by atoms with Crippen molar-refractivity contribution in [1.29, 1.82) is 0 Å². The maximum atomic E-state index is 10.8. The number of Topliss-reactive ketones (excluding diaryl/α,β-unsaturated/α-hetero) is 1. The lowest BCUT2D eigenvalue weighted by Crippen LogP contribution is -2.01. The summed E-state index contributed by atoms with van der Waals surface area (Å²) in [6.07, 6.45) is 1.96. The maximum Gasteiger partial charge on any atom is 0.312 e. The van der Waals surface area contributed by atoms with Gasteiger partial charge in [-0.3, -0.25) is 10.1 Å². The highest BCUT2D eigenvalue weighted by Gasteiger charge is 2.15. The predicted octanol–water partition coefficient (Wildman–Crippen LogP) is 3.50. The monoisotopic (exact) mass is 315 g/mol. The van der Waals surface area contributed by atoms with Crippen LogP contribution >= 0.6 is 15.9 Å². The number of hydrogen-bond acceptors (Lipinski definition) is 4. The molecule has 0 spiro atoms. The molecule has 0 aliphatic carbocycles. The molecular formula is C12H14BrNO4. The largest absolute Gasteiger partial charge is 0.487 e. The Bertz CT molecular complexity index is 448. The number of ether oxygens (including phenoxy) is 1. The number of rotatable bonds is 7. The van der Waals surface area contributed by atoms with Crippen LogP contribution in [0.2, 0.25) is 0 Å². The molecule has 0 fully saturated rings. The van der Waals surface area contributed by atoms with Gasteiger partial charge >= 0.3 is 5.69 Å². The van der Waals surface area contributed by atoms with Gasteiger partial charge < -0.3 is 9.53 Å². The molecule has 18 heavy (non-hydrogen) atoms. The van der Waals surface area contributed by atoms with Crippen molar-refractivity contribution < 1.29 is 14.5 Å². The van der Waals surface area contributed by atoms with E-state index in [9.17, 15) is 14.9 Å². The molecule has 0 aliphatic rings. The highest BCUT2D eigenvalue weighted by atomic mass is 79.9. The van der Waals surface area contributed by atoms with Gasteiger partial charge in [0.15, 0.2) is 5.75 Å². The van der Waals surface area contributed by atoms with Gasteiger partial charge in [-0.05, 0) is 31.9 Å². The van der Waals surface area contributed by atoms with E-state index >= 15 is 0 Å². The third kappa shape index (κ3) is 4.83. The second-order valence-corrected chi connectivity index (χ2v) is 4.79. The Kier molecular flexibility index (Phi) is 5.77. The Morgan fingerprint density at radius 1 is 1.44 bits per heavy atom. The summed E-state index contributed by atoms with van der Waals surface area (Å²) < 4.78 is 6.00. The molecule has 0 radical (unpaired) electrons. The molecule has 0 bridgehead atoms. The smallest absolute Gasteiger partial charge is 0.312 e. The molecule has 0 unspecified atom stereocenters. The average molecular weight is 316 g/mol. The van der Waals surface area contributed by atoms with E-state index in [-0.39, 0.29) is 17.2 Å². The zero-order valence-electron chi connectivity index (χ0n) is 10.0. The molecule has 0 saturated carbocycles. The van der Waals surface area contributed by atoms with E-state index in [2.05, 4.69) is 15.9 Å². The summed E-state index contributed by atoms with van der Waals surface area (Å²) >= 11 is 3.18. The number of carbonyl (C=O) groups excluding carboxylic acids is 1. The highest BCUT2D eigenvalue weighted by Crippen LogP contribution is 2.30. The van der Waals surface area contributed by atoms with Crippen molar-refractivity contribution in [3.8, 4) is 5.75 Å². The standard InChI is InChI=1S/C12H14BrNO4/c1-9(15)4-2-3-7-18-12-6-5-10(13)8-11(12)14(16)17/h5-6,8H,2-4,7H2,1H3.